The monoisotopic (exact) mass is 142 g/mol. The molecule has 56 valence electrons. The van der Waals surface area contributed by atoms with Gasteiger partial charge in [-0.25, -0.2) is 4.79 Å². The molecule has 3 nitrogen and oxygen atoms in total. The molecule has 1 aliphatic rings. The first-order valence-electron chi connectivity index (χ1n) is 3.12. The number of hydrogen-bond acceptors (Lipinski definition) is 3. The highest BCUT2D eigenvalue weighted by Crippen LogP contribution is 2.21. The number of rotatable bonds is 1. The van der Waals surface area contributed by atoms with Gasteiger partial charge in [0.25, 0.3) is 0 Å². The highest BCUT2D eigenvalue weighted by atomic mass is 16.6. The Morgan fingerprint density at radius 2 is 2.20 bits per heavy atom. The SMILES string of the molecule is COC1=C(C)C(=O)O[C@H]1C. The molecule has 0 aromatic rings. The molecule has 3 heteroatoms. The average molecular weight is 142 g/mol. The summed E-state index contributed by atoms with van der Waals surface area (Å²) in [6.07, 6.45) is -0.211. The van der Waals surface area contributed by atoms with Gasteiger partial charge in [0.1, 0.15) is 5.76 Å². The maximum atomic E-state index is 10.8. The number of carbonyl (C=O) groups excluding carboxylic acids is 1. The average Bonchev–Trinajstić information content (AvgIpc) is 2.09. The number of esters is 1. The summed E-state index contributed by atoms with van der Waals surface area (Å²) in [5.41, 5.74) is 0.579. The van der Waals surface area contributed by atoms with Crippen LogP contribution in [-0.2, 0) is 14.3 Å². The zero-order valence-corrected chi connectivity index (χ0v) is 6.30. The molecule has 0 aromatic carbocycles. The second-order valence-electron chi connectivity index (χ2n) is 2.24. The van der Waals surface area contributed by atoms with E-state index in [0.29, 0.717) is 11.3 Å². The fourth-order valence-electron chi connectivity index (χ4n) is 1.03. The van der Waals surface area contributed by atoms with Gasteiger partial charge in [0, 0.05) is 0 Å². The number of carbonyl (C=O) groups is 1. The number of cyclic esters (lactones) is 1. The molecule has 0 spiro atoms. The lowest BCUT2D eigenvalue weighted by atomic mass is 10.2. The number of methoxy groups -OCH3 is 1. The smallest absolute Gasteiger partial charge is 0.337 e. The van der Waals surface area contributed by atoms with Crippen LogP contribution in [0.2, 0.25) is 0 Å². The summed E-state index contributed by atoms with van der Waals surface area (Å²) >= 11 is 0. The normalized spacial score (nSPS) is 25.1. The van der Waals surface area contributed by atoms with E-state index < -0.39 is 0 Å². The second-order valence-corrected chi connectivity index (χ2v) is 2.24. The highest BCUT2D eigenvalue weighted by molar-refractivity contribution is 5.91. The lowest BCUT2D eigenvalue weighted by molar-refractivity contribution is -0.139. The first kappa shape index (κ1) is 7.12. The van der Waals surface area contributed by atoms with Gasteiger partial charge in [0.05, 0.1) is 12.7 Å². The molecule has 1 atom stereocenters. The summed E-state index contributed by atoms with van der Waals surface area (Å²) in [6, 6.07) is 0. The van der Waals surface area contributed by atoms with Crippen molar-refractivity contribution in [3.8, 4) is 0 Å². The van der Waals surface area contributed by atoms with Gasteiger partial charge < -0.3 is 9.47 Å². The van der Waals surface area contributed by atoms with Crippen LogP contribution in [0.25, 0.3) is 0 Å². The molecular weight excluding hydrogens is 132 g/mol. The lowest BCUT2D eigenvalue weighted by Gasteiger charge is -2.05. The minimum absolute atomic E-state index is 0.211. The summed E-state index contributed by atoms with van der Waals surface area (Å²) in [4.78, 5) is 10.8. The van der Waals surface area contributed by atoms with E-state index >= 15 is 0 Å². The van der Waals surface area contributed by atoms with E-state index in [1.807, 2.05) is 0 Å². The van der Waals surface area contributed by atoms with Crippen molar-refractivity contribution in [3.63, 3.8) is 0 Å². The van der Waals surface area contributed by atoms with Gasteiger partial charge in [-0.2, -0.15) is 0 Å². The summed E-state index contributed by atoms with van der Waals surface area (Å²) in [5.74, 6) is 0.370. The van der Waals surface area contributed by atoms with Crippen LogP contribution in [0.15, 0.2) is 11.3 Å². The topological polar surface area (TPSA) is 35.5 Å². The Kier molecular flexibility index (Phi) is 1.66. The largest absolute Gasteiger partial charge is 0.497 e. The van der Waals surface area contributed by atoms with Crippen LogP contribution in [0, 0.1) is 0 Å². The zero-order chi connectivity index (χ0) is 7.72. The van der Waals surface area contributed by atoms with E-state index in [4.69, 9.17) is 9.47 Å². The van der Waals surface area contributed by atoms with E-state index in [2.05, 4.69) is 0 Å². The fourth-order valence-corrected chi connectivity index (χ4v) is 1.03. The van der Waals surface area contributed by atoms with E-state index in [-0.39, 0.29) is 12.1 Å². The molecular formula is C7H10O3. The minimum Gasteiger partial charge on any atom is -0.497 e. The summed E-state index contributed by atoms with van der Waals surface area (Å²) in [5, 5.41) is 0. The fraction of sp³-hybridized carbons (Fsp3) is 0.571. The Balaban J connectivity index is 2.90. The predicted molar refractivity (Wildman–Crippen MR) is 35.3 cm³/mol. The van der Waals surface area contributed by atoms with Gasteiger partial charge in [0.15, 0.2) is 6.10 Å². The third-order valence-electron chi connectivity index (χ3n) is 1.55. The van der Waals surface area contributed by atoms with Crippen molar-refractivity contribution in [1.82, 2.24) is 0 Å². The van der Waals surface area contributed by atoms with Gasteiger partial charge in [0.2, 0.25) is 0 Å². The summed E-state index contributed by atoms with van der Waals surface area (Å²) in [7, 11) is 1.54. The molecule has 1 rings (SSSR count). The first-order chi connectivity index (χ1) is 4.66. The quantitative estimate of drug-likeness (QED) is 0.509. The molecule has 0 saturated carbocycles. The molecule has 0 unspecified atom stereocenters. The predicted octanol–water partition coefficient (Wildman–Crippen LogP) is 0.852. The second kappa shape index (κ2) is 2.33. The van der Waals surface area contributed by atoms with Crippen molar-refractivity contribution in [3.05, 3.63) is 11.3 Å². The minimum atomic E-state index is -0.274. The summed E-state index contributed by atoms with van der Waals surface area (Å²) in [6.45, 7) is 3.48. The van der Waals surface area contributed by atoms with Gasteiger partial charge in [-0.1, -0.05) is 0 Å². The van der Waals surface area contributed by atoms with E-state index in [1.54, 1.807) is 13.8 Å². The van der Waals surface area contributed by atoms with Crippen LogP contribution < -0.4 is 0 Å². The Bertz CT molecular complexity index is 193. The molecule has 0 fully saturated rings. The molecule has 0 N–H and O–H groups in total. The molecule has 1 heterocycles. The van der Waals surface area contributed by atoms with Crippen LogP contribution in [0.4, 0.5) is 0 Å². The van der Waals surface area contributed by atoms with E-state index in [0.717, 1.165) is 0 Å². The van der Waals surface area contributed by atoms with Crippen molar-refractivity contribution in [1.29, 1.82) is 0 Å². The molecule has 0 bridgehead atoms. The molecule has 0 aromatic heterocycles. The van der Waals surface area contributed by atoms with Crippen molar-refractivity contribution in [2.24, 2.45) is 0 Å². The molecule has 10 heavy (non-hydrogen) atoms. The van der Waals surface area contributed by atoms with E-state index in [1.165, 1.54) is 7.11 Å². The Morgan fingerprint density at radius 1 is 1.60 bits per heavy atom. The number of hydrogen-bond donors (Lipinski definition) is 0. The third-order valence-corrected chi connectivity index (χ3v) is 1.55. The van der Waals surface area contributed by atoms with Crippen molar-refractivity contribution < 1.29 is 14.3 Å². The van der Waals surface area contributed by atoms with Crippen LogP contribution >= 0.6 is 0 Å². The third kappa shape index (κ3) is 0.875. The molecule has 1 aliphatic heterocycles. The standard InChI is InChI=1S/C7H10O3/c1-4-6(9-3)5(2)10-7(4)8/h5H,1-3H3/t5-/m0/s1. The molecule has 0 saturated heterocycles. The zero-order valence-electron chi connectivity index (χ0n) is 6.30. The van der Waals surface area contributed by atoms with Crippen LogP contribution in [0.3, 0.4) is 0 Å². The van der Waals surface area contributed by atoms with Crippen LogP contribution in [0.5, 0.6) is 0 Å². The Labute approximate surface area is 59.6 Å². The van der Waals surface area contributed by atoms with Gasteiger partial charge in [-0.3, -0.25) is 0 Å². The van der Waals surface area contributed by atoms with Gasteiger partial charge >= 0.3 is 5.97 Å². The van der Waals surface area contributed by atoms with Crippen molar-refractivity contribution >= 4 is 5.97 Å². The molecule has 0 aliphatic carbocycles. The lowest BCUT2D eigenvalue weighted by Crippen LogP contribution is -2.06. The Hall–Kier alpha value is -0.990. The summed E-state index contributed by atoms with van der Waals surface area (Å²) < 4.78 is 9.78. The maximum Gasteiger partial charge on any atom is 0.337 e. The van der Waals surface area contributed by atoms with E-state index in [9.17, 15) is 4.79 Å². The van der Waals surface area contributed by atoms with Gasteiger partial charge in [-0.15, -0.1) is 0 Å². The first-order valence-corrected chi connectivity index (χ1v) is 3.12. The van der Waals surface area contributed by atoms with Crippen molar-refractivity contribution in [2.75, 3.05) is 7.11 Å². The van der Waals surface area contributed by atoms with Crippen LogP contribution in [0.1, 0.15) is 13.8 Å². The molecule has 0 amide bonds. The van der Waals surface area contributed by atoms with Crippen LogP contribution in [-0.4, -0.2) is 19.2 Å². The Morgan fingerprint density at radius 3 is 2.40 bits per heavy atom. The molecule has 0 radical (unpaired) electrons. The maximum absolute atomic E-state index is 10.8. The highest BCUT2D eigenvalue weighted by Gasteiger charge is 2.28. The van der Waals surface area contributed by atoms with Gasteiger partial charge in [-0.05, 0) is 13.8 Å². The number of ether oxygens (including phenoxy) is 2. The van der Waals surface area contributed by atoms with Crippen molar-refractivity contribution in [2.45, 2.75) is 20.0 Å².